The average molecular weight is 247 g/mol. The summed E-state index contributed by atoms with van der Waals surface area (Å²) >= 11 is 7.43. The molecule has 1 aliphatic rings. The van der Waals surface area contributed by atoms with Crippen molar-refractivity contribution in [3.8, 4) is 0 Å². The van der Waals surface area contributed by atoms with E-state index in [1.54, 1.807) is 11.3 Å². The smallest absolute Gasteiger partial charge is 0.0931 e. The van der Waals surface area contributed by atoms with E-state index in [9.17, 15) is 0 Å². The van der Waals surface area contributed by atoms with Gasteiger partial charge in [0.2, 0.25) is 0 Å². The standard InChI is InChI=1S/C10H15ClN2OS/c11-10-2-1-9(15-10)8(12)5-7-6-14-4-3-13-7/h1-2,7-8,13H,3-6,12H2. The lowest BCUT2D eigenvalue weighted by Gasteiger charge is -2.25. The Labute approximate surface area is 98.6 Å². The van der Waals surface area contributed by atoms with Crippen LogP contribution in [0.4, 0.5) is 0 Å². The SMILES string of the molecule is NC(CC1COCCN1)c1ccc(Cl)s1. The lowest BCUT2D eigenvalue weighted by molar-refractivity contribution is 0.0721. The number of thiophene rings is 1. The molecule has 2 rings (SSSR count). The quantitative estimate of drug-likeness (QED) is 0.855. The summed E-state index contributed by atoms with van der Waals surface area (Å²) in [5.74, 6) is 0. The molecule has 0 spiro atoms. The monoisotopic (exact) mass is 246 g/mol. The zero-order valence-corrected chi connectivity index (χ0v) is 9.98. The first-order chi connectivity index (χ1) is 7.25. The molecule has 0 bridgehead atoms. The second-order valence-electron chi connectivity index (χ2n) is 3.71. The predicted octanol–water partition coefficient (Wildman–Crippen LogP) is 1.78. The number of hydrogen-bond donors (Lipinski definition) is 2. The Morgan fingerprint density at radius 3 is 3.13 bits per heavy atom. The highest BCUT2D eigenvalue weighted by molar-refractivity contribution is 7.16. The molecule has 0 radical (unpaired) electrons. The van der Waals surface area contributed by atoms with Crippen molar-refractivity contribution in [1.29, 1.82) is 0 Å². The molecule has 3 nitrogen and oxygen atoms in total. The molecule has 3 N–H and O–H groups in total. The highest BCUT2D eigenvalue weighted by Crippen LogP contribution is 2.28. The van der Waals surface area contributed by atoms with Gasteiger partial charge in [-0.25, -0.2) is 0 Å². The van der Waals surface area contributed by atoms with Crippen LogP contribution in [0.25, 0.3) is 0 Å². The largest absolute Gasteiger partial charge is 0.379 e. The molecule has 0 saturated carbocycles. The molecule has 15 heavy (non-hydrogen) atoms. The summed E-state index contributed by atoms with van der Waals surface area (Å²) in [5.41, 5.74) is 6.10. The maximum atomic E-state index is 6.10. The van der Waals surface area contributed by atoms with Gasteiger partial charge >= 0.3 is 0 Å². The van der Waals surface area contributed by atoms with Crippen LogP contribution in [-0.2, 0) is 4.74 Å². The third-order valence-electron chi connectivity index (χ3n) is 2.50. The summed E-state index contributed by atoms with van der Waals surface area (Å²) in [5, 5.41) is 3.39. The van der Waals surface area contributed by atoms with Crippen LogP contribution in [0.2, 0.25) is 4.34 Å². The van der Waals surface area contributed by atoms with Crippen molar-refractivity contribution in [1.82, 2.24) is 5.32 Å². The fraction of sp³-hybridized carbons (Fsp3) is 0.600. The van der Waals surface area contributed by atoms with Gasteiger partial charge in [-0.3, -0.25) is 0 Å². The Morgan fingerprint density at radius 1 is 1.67 bits per heavy atom. The van der Waals surface area contributed by atoms with E-state index in [1.165, 1.54) is 0 Å². The maximum Gasteiger partial charge on any atom is 0.0931 e. The van der Waals surface area contributed by atoms with E-state index in [0.29, 0.717) is 6.04 Å². The second-order valence-corrected chi connectivity index (χ2v) is 5.46. The molecular weight excluding hydrogens is 232 g/mol. The molecule has 2 unspecified atom stereocenters. The van der Waals surface area contributed by atoms with Crippen LogP contribution in [0, 0.1) is 0 Å². The number of halogens is 1. The van der Waals surface area contributed by atoms with Gasteiger partial charge in [-0.15, -0.1) is 11.3 Å². The van der Waals surface area contributed by atoms with E-state index >= 15 is 0 Å². The van der Waals surface area contributed by atoms with E-state index < -0.39 is 0 Å². The molecule has 1 aromatic rings. The van der Waals surface area contributed by atoms with Crippen LogP contribution >= 0.6 is 22.9 Å². The summed E-state index contributed by atoms with van der Waals surface area (Å²) in [4.78, 5) is 1.15. The number of ether oxygens (including phenoxy) is 1. The van der Waals surface area contributed by atoms with Gasteiger partial charge in [0, 0.05) is 23.5 Å². The molecular formula is C10H15ClN2OS. The summed E-state index contributed by atoms with van der Waals surface area (Å²) in [6.45, 7) is 2.48. The van der Waals surface area contributed by atoms with Gasteiger partial charge in [-0.05, 0) is 18.6 Å². The molecule has 84 valence electrons. The summed E-state index contributed by atoms with van der Waals surface area (Å²) in [6.07, 6.45) is 0.900. The van der Waals surface area contributed by atoms with Gasteiger partial charge < -0.3 is 15.8 Å². The van der Waals surface area contributed by atoms with Crippen LogP contribution in [0.1, 0.15) is 17.3 Å². The zero-order valence-electron chi connectivity index (χ0n) is 8.41. The van der Waals surface area contributed by atoms with Crippen molar-refractivity contribution in [2.24, 2.45) is 5.73 Å². The first-order valence-corrected chi connectivity index (χ1v) is 6.27. The van der Waals surface area contributed by atoms with Crippen molar-refractivity contribution in [2.45, 2.75) is 18.5 Å². The molecule has 1 aliphatic heterocycles. The summed E-state index contributed by atoms with van der Waals surface area (Å²) < 4.78 is 6.18. The first kappa shape index (κ1) is 11.4. The van der Waals surface area contributed by atoms with Gasteiger partial charge in [0.15, 0.2) is 0 Å². The van der Waals surface area contributed by atoms with Gasteiger partial charge in [-0.1, -0.05) is 11.6 Å². The van der Waals surface area contributed by atoms with Gasteiger partial charge in [0.05, 0.1) is 17.6 Å². The van der Waals surface area contributed by atoms with E-state index in [2.05, 4.69) is 5.32 Å². The Bertz CT molecular complexity index is 312. The molecule has 5 heteroatoms. The zero-order chi connectivity index (χ0) is 10.7. The number of nitrogens with one attached hydrogen (secondary N) is 1. The van der Waals surface area contributed by atoms with Crippen LogP contribution in [0.5, 0.6) is 0 Å². The minimum atomic E-state index is 0.0571. The van der Waals surface area contributed by atoms with Gasteiger partial charge in [0.25, 0.3) is 0 Å². The second kappa shape index (κ2) is 5.27. The molecule has 0 aromatic carbocycles. The van der Waals surface area contributed by atoms with E-state index in [0.717, 1.165) is 35.4 Å². The Hall–Kier alpha value is -0.130. The number of hydrogen-bond acceptors (Lipinski definition) is 4. The van der Waals surface area contributed by atoms with Crippen LogP contribution < -0.4 is 11.1 Å². The number of rotatable bonds is 3. The molecule has 1 aromatic heterocycles. The van der Waals surface area contributed by atoms with E-state index in [4.69, 9.17) is 22.1 Å². The topological polar surface area (TPSA) is 47.3 Å². The fourth-order valence-corrected chi connectivity index (χ4v) is 2.80. The van der Waals surface area contributed by atoms with Crippen molar-refractivity contribution in [3.63, 3.8) is 0 Å². The fourth-order valence-electron chi connectivity index (χ4n) is 1.72. The molecule has 0 aliphatic carbocycles. The molecule has 1 fully saturated rings. The van der Waals surface area contributed by atoms with Gasteiger partial charge in [-0.2, -0.15) is 0 Å². The van der Waals surface area contributed by atoms with Crippen LogP contribution in [0.15, 0.2) is 12.1 Å². The van der Waals surface area contributed by atoms with E-state index in [1.807, 2.05) is 12.1 Å². The van der Waals surface area contributed by atoms with Gasteiger partial charge in [0.1, 0.15) is 0 Å². The molecule has 0 amide bonds. The highest BCUT2D eigenvalue weighted by atomic mass is 35.5. The highest BCUT2D eigenvalue weighted by Gasteiger charge is 2.18. The van der Waals surface area contributed by atoms with Crippen molar-refractivity contribution < 1.29 is 4.74 Å². The molecule has 1 saturated heterocycles. The van der Waals surface area contributed by atoms with Crippen molar-refractivity contribution in [2.75, 3.05) is 19.8 Å². The van der Waals surface area contributed by atoms with Crippen LogP contribution in [-0.4, -0.2) is 25.8 Å². The minimum absolute atomic E-state index is 0.0571. The molecule has 2 heterocycles. The maximum absolute atomic E-state index is 6.10. The third-order valence-corrected chi connectivity index (χ3v) is 3.86. The Kier molecular flexibility index (Phi) is 3.99. The lowest BCUT2D eigenvalue weighted by atomic mass is 10.1. The normalized spacial score (nSPS) is 24.0. The lowest BCUT2D eigenvalue weighted by Crippen LogP contribution is -2.42. The Balaban J connectivity index is 1.88. The summed E-state index contributed by atoms with van der Waals surface area (Å²) in [7, 11) is 0. The average Bonchev–Trinajstić information content (AvgIpc) is 2.66. The third kappa shape index (κ3) is 3.16. The van der Waals surface area contributed by atoms with Crippen LogP contribution in [0.3, 0.4) is 0 Å². The first-order valence-electron chi connectivity index (χ1n) is 5.07. The van der Waals surface area contributed by atoms with Crippen molar-refractivity contribution in [3.05, 3.63) is 21.3 Å². The number of morpholine rings is 1. The number of nitrogens with two attached hydrogens (primary N) is 1. The predicted molar refractivity (Wildman–Crippen MR) is 63.5 cm³/mol. The molecule has 2 atom stereocenters. The minimum Gasteiger partial charge on any atom is -0.379 e. The van der Waals surface area contributed by atoms with Crippen molar-refractivity contribution >= 4 is 22.9 Å². The Morgan fingerprint density at radius 2 is 2.53 bits per heavy atom. The summed E-state index contributed by atoms with van der Waals surface area (Å²) in [6, 6.07) is 4.32. The van der Waals surface area contributed by atoms with E-state index in [-0.39, 0.29) is 6.04 Å².